The lowest BCUT2D eigenvalue weighted by molar-refractivity contribution is -0.123. The number of fused-ring (bicyclic) bond motifs is 5. The Morgan fingerprint density at radius 3 is 2.46 bits per heavy atom. The van der Waals surface area contributed by atoms with Gasteiger partial charge in [0.25, 0.3) is 11.8 Å². The number of piperidine rings is 1. The molecule has 1 spiro atoms. The van der Waals surface area contributed by atoms with Gasteiger partial charge in [-0.15, -0.1) is 0 Å². The molecule has 5 aliphatic rings. The van der Waals surface area contributed by atoms with E-state index in [1.54, 1.807) is 17.0 Å². The number of amides is 2. The van der Waals surface area contributed by atoms with Crippen LogP contribution in [-0.2, 0) is 26.2 Å². The maximum Gasteiger partial charge on any atom is 0.267 e. The van der Waals surface area contributed by atoms with Crippen LogP contribution in [0.25, 0.3) is 0 Å². The predicted octanol–water partition coefficient (Wildman–Crippen LogP) is 7.42. The van der Waals surface area contributed by atoms with E-state index in [0.717, 1.165) is 35.7 Å². The summed E-state index contributed by atoms with van der Waals surface area (Å²) in [4.78, 5) is 32.1. The van der Waals surface area contributed by atoms with Crippen LogP contribution < -0.4 is 20.0 Å². The number of carbonyl (C=O) groups is 2. The van der Waals surface area contributed by atoms with Crippen LogP contribution in [0.5, 0.6) is 0 Å². The summed E-state index contributed by atoms with van der Waals surface area (Å²) in [6.45, 7) is 5.82. The van der Waals surface area contributed by atoms with Crippen molar-refractivity contribution in [2.45, 2.75) is 80.7 Å². The fraction of sp³-hybridized carbons (Fsp3) is 0.476. The molecule has 12 heteroatoms. The molecule has 54 heavy (non-hydrogen) atoms. The summed E-state index contributed by atoms with van der Waals surface area (Å²) in [5.41, 5.74) is 4.26. The van der Waals surface area contributed by atoms with E-state index in [9.17, 15) is 31.5 Å². The summed E-state index contributed by atoms with van der Waals surface area (Å²) in [5.74, 6) is -5.46. The number of hydrogen-bond donors (Lipinski definition) is 1. The average molecular weight is 749 g/mol. The van der Waals surface area contributed by atoms with E-state index < -0.39 is 30.1 Å². The highest BCUT2D eigenvalue weighted by molar-refractivity contribution is 6.04. The predicted molar refractivity (Wildman–Crippen MR) is 197 cm³/mol. The first kappa shape index (κ1) is 36.5. The molecule has 0 saturated carbocycles. The highest BCUT2D eigenvalue weighted by atomic mass is 19.3. The minimum atomic E-state index is -2.85. The summed E-state index contributed by atoms with van der Waals surface area (Å²) in [6, 6.07) is 13.6. The molecule has 0 aromatic heterocycles. The third-order valence-electron chi connectivity index (χ3n) is 12.6. The number of rotatable bonds is 8. The Labute approximate surface area is 312 Å². The molecule has 2 amide bonds. The summed E-state index contributed by atoms with van der Waals surface area (Å²) in [7, 11) is 0. The van der Waals surface area contributed by atoms with Crippen LogP contribution in [-0.4, -0.2) is 69.2 Å². The quantitative estimate of drug-likeness (QED) is 0.192. The van der Waals surface area contributed by atoms with Crippen molar-refractivity contribution in [2.75, 3.05) is 54.1 Å². The molecule has 4 heterocycles. The molecule has 0 bridgehead atoms. The number of nitrogens with one attached hydrogen (secondary N) is 1. The number of ether oxygens (including phenoxy) is 1. The van der Waals surface area contributed by atoms with Gasteiger partial charge < -0.3 is 24.8 Å². The molecular formula is C42H45F5N4O3. The minimum Gasteiger partial charge on any atom is -0.381 e. The molecule has 3 atom stereocenters. The average Bonchev–Trinajstić information content (AvgIpc) is 3.64. The van der Waals surface area contributed by atoms with Gasteiger partial charge in [0.2, 0.25) is 5.91 Å². The van der Waals surface area contributed by atoms with Gasteiger partial charge in [-0.3, -0.25) is 9.59 Å². The summed E-state index contributed by atoms with van der Waals surface area (Å²) in [6.07, 6.45) is 5.09. The largest absolute Gasteiger partial charge is 0.381 e. The van der Waals surface area contributed by atoms with Gasteiger partial charge in [-0.2, -0.15) is 0 Å². The third kappa shape index (κ3) is 6.97. The number of alkyl halides is 2. The van der Waals surface area contributed by atoms with Crippen molar-refractivity contribution in [1.29, 1.82) is 0 Å². The highest BCUT2D eigenvalue weighted by Crippen LogP contribution is 2.54. The van der Waals surface area contributed by atoms with Crippen LogP contribution in [0, 0.1) is 23.4 Å². The van der Waals surface area contributed by atoms with Crippen LogP contribution in [0.4, 0.5) is 39.0 Å². The molecule has 1 N–H and O–H groups in total. The van der Waals surface area contributed by atoms with Gasteiger partial charge >= 0.3 is 0 Å². The molecule has 8 rings (SSSR count). The van der Waals surface area contributed by atoms with Crippen molar-refractivity contribution >= 4 is 28.9 Å². The standard InChI is InChI=1S/C42H45F5N4O3/c1-2-40(53)50-24-31-23-42(46,47)25-51(31)38-21-30(5-8-37(38)50)49-13-11-41(12-14-49)22-28(32-6-4-29(43)20-33(32)41)19-39(52)48-36(27-9-15-54-16-10-27)18-26-3-7-34(44)35(45)17-26/h2-8,17,20-21,27-28,31,36H,1,9-16,18-19,22-25H2,(H,48,52)/t28-,31+,36-/m1/s1. The van der Waals surface area contributed by atoms with Crippen LogP contribution in [0.2, 0.25) is 0 Å². The number of halogens is 5. The molecule has 286 valence electrons. The second kappa shape index (κ2) is 14.3. The number of benzene rings is 3. The molecular weight excluding hydrogens is 703 g/mol. The molecule has 3 aromatic carbocycles. The summed E-state index contributed by atoms with van der Waals surface area (Å²) in [5, 5.41) is 3.24. The zero-order valence-electron chi connectivity index (χ0n) is 30.1. The van der Waals surface area contributed by atoms with Crippen LogP contribution in [0.3, 0.4) is 0 Å². The van der Waals surface area contributed by atoms with Gasteiger partial charge in [0.15, 0.2) is 11.6 Å². The maximum absolute atomic E-state index is 14.9. The fourth-order valence-corrected chi connectivity index (χ4v) is 9.89. The van der Waals surface area contributed by atoms with Gasteiger partial charge in [-0.1, -0.05) is 18.7 Å². The Hall–Kier alpha value is -4.45. The SMILES string of the molecule is C=CC(=O)N1C[C@@H]2CC(F)(F)CN2c2cc(N3CCC4(CC3)C[C@@H](CC(=O)N[C@H](Cc3ccc(F)c(F)c3)C3CCOCC3)c3ccc(F)cc34)ccc21. The van der Waals surface area contributed by atoms with E-state index >= 15 is 0 Å². The molecule has 0 unspecified atom stereocenters. The smallest absolute Gasteiger partial charge is 0.267 e. The lowest BCUT2D eigenvalue weighted by Crippen LogP contribution is -2.48. The second-order valence-corrected chi connectivity index (χ2v) is 15.8. The topological polar surface area (TPSA) is 65.1 Å². The van der Waals surface area contributed by atoms with Gasteiger partial charge in [0.1, 0.15) is 5.82 Å². The first-order valence-electron chi connectivity index (χ1n) is 19.0. The Kier molecular flexibility index (Phi) is 9.69. The van der Waals surface area contributed by atoms with E-state index in [4.69, 9.17) is 4.74 Å². The first-order valence-corrected chi connectivity index (χ1v) is 19.0. The number of carbonyl (C=O) groups excluding carboxylic acids is 2. The van der Waals surface area contributed by atoms with E-state index in [2.05, 4.69) is 16.8 Å². The normalized spacial score (nSPS) is 23.5. The first-order chi connectivity index (χ1) is 25.9. The van der Waals surface area contributed by atoms with Crippen LogP contribution >= 0.6 is 0 Å². The number of nitrogens with zero attached hydrogens (tertiary/aromatic N) is 3. The number of anilines is 3. The molecule has 1 aliphatic carbocycles. The van der Waals surface area contributed by atoms with E-state index in [1.165, 1.54) is 23.1 Å². The zero-order valence-corrected chi connectivity index (χ0v) is 30.1. The summed E-state index contributed by atoms with van der Waals surface area (Å²) < 4.78 is 77.5. The molecule has 3 aromatic rings. The zero-order chi connectivity index (χ0) is 37.8. The van der Waals surface area contributed by atoms with Crippen molar-refractivity contribution in [1.82, 2.24) is 5.32 Å². The van der Waals surface area contributed by atoms with Crippen molar-refractivity contribution in [3.63, 3.8) is 0 Å². The van der Waals surface area contributed by atoms with E-state index in [1.807, 2.05) is 24.3 Å². The van der Waals surface area contributed by atoms with E-state index in [-0.39, 0.29) is 60.3 Å². The molecule has 0 radical (unpaired) electrons. The van der Waals surface area contributed by atoms with Gasteiger partial charge in [0.05, 0.1) is 24.0 Å². The fourth-order valence-electron chi connectivity index (χ4n) is 9.89. The van der Waals surface area contributed by atoms with Gasteiger partial charge in [-0.25, -0.2) is 22.0 Å². The van der Waals surface area contributed by atoms with Crippen LogP contribution in [0.15, 0.2) is 67.3 Å². The maximum atomic E-state index is 14.9. The molecule has 3 saturated heterocycles. The molecule has 4 aliphatic heterocycles. The Bertz CT molecular complexity index is 1940. The van der Waals surface area contributed by atoms with Gasteiger partial charge in [0, 0.05) is 57.4 Å². The van der Waals surface area contributed by atoms with Crippen molar-refractivity contribution in [2.24, 2.45) is 5.92 Å². The lowest BCUT2D eigenvalue weighted by atomic mass is 9.73. The monoisotopic (exact) mass is 748 g/mol. The third-order valence-corrected chi connectivity index (χ3v) is 12.6. The van der Waals surface area contributed by atoms with Crippen molar-refractivity contribution < 1.29 is 36.3 Å². The summed E-state index contributed by atoms with van der Waals surface area (Å²) >= 11 is 0. The Balaban J connectivity index is 0.987. The Morgan fingerprint density at radius 2 is 1.72 bits per heavy atom. The van der Waals surface area contributed by atoms with Crippen LogP contribution in [0.1, 0.15) is 67.6 Å². The minimum absolute atomic E-state index is 0.124. The van der Waals surface area contributed by atoms with Crippen molar-refractivity contribution in [3.8, 4) is 0 Å². The lowest BCUT2D eigenvalue weighted by Gasteiger charge is -2.43. The molecule has 3 fully saturated rings. The number of hydrogen-bond acceptors (Lipinski definition) is 5. The van der Waals surface area contributed by atoms with Crippen molar-refractivity contribution in [3.05, 3.63) is 101 Å². The molecule has 7 nitrogen and oxygen atoms in total. The van der Waals surface area contributed by atoms with E-state index in [0.29, 0.717) is 68.9 Å². The Morgan fingerprint density at radius 1 is 0.944 bits per heavy atom. The van der Waals surface area contributed by atoms with Gasteiger partial charge in [-0.05, 0) is 121 Å². The second-order valence-electron chi connectivity index (χ2n) is 15.8. The highest BCUT2D eigenvalue weighted by Gasteiger charge is 2.50.